The third kappa shape index (κ3) is 3.62. The number of halogens is 2. The molecular formula is C17H25BrFNOS. The third-order valence-corrected chi connectivity index (χ3v) is 6.73. The van der Waals surface area contributed by atoms with Gasteiger partial charge >= 0.3 is 0 Å². The van der Waals surface area contributed by atoms with Gasteiger partial charge in [0.2, 0.25) is 0 Å². The Morgan fingerprint density at radius 3 is 2.68 bits per heavy atom. The third-order valence-electron chi connectivity index (χ3n) is 5.25. The minimum absolute atomic E-state index is 0. The molecule has 0 spiro atoms. The molecule has 0 radical (unpaired) electrons. The van der Waals surface area contributed by atoms with Crippen molar-refractivity contribution in [2.75, 3.05) is 33.4 Å². The summed E-state index contributed by atoms with van der Waals surface area (Å²) in [6.45, 7) is 2.97. The van der Waals surface area contributed by atoms with Crippen molar-refractivity contribution in [2.24, 2.45) is 0 Å². The largest absolute Gasteiger partial charge is 1.00 e. The topological polar surface area (TPSA) is 9.23 Å². The second kappa shape index (κ2) is 8.02. The lowest BCUT2D eigenvalue weighted by Gasteiger charge is -2.35. The number of alkyl halides is 1. The van der Waals surface area contributed by atoms with E-state index in [1.165, 1.54) is 37.9 Å². The highest BCUT2D eigenvalue weighted by Crippen LogP contribution is 2.42. The lowest BCUT2D eigenvalue weighted by atomic mass is 10.1. The van der Waals surface area contributed by atoms with E-state index in [9.17, 15) is 4.39 Å². The average Bonchev–Trinajstić information content (AvgIpc) is 3.05. The Morgan fingerprint density at radius 1 is 1.23 bits per heavy atom. The van der Waals surface area contributed by atoms with Gasteiger partial charge in [0.05, 0.1) is 25.4 Å². The predicted octanol–water partition coefficient (Wildman–Crippen LogP) is 0.653. The van der Waals surface area contributed by atoms with Gasteiger partial charge in [0, 0.05) is 25.0 Å². The summed E-state index contributed by atoms with van der Waals surface area (Å²) in [5, 5.41) is 0.709. The van der Waals surface area contributed by atoms with Gasteiger partial charge in [-0.2, -0.15) is 0 Å². The number of rotatable bonds is 6. The molecule has 2 heterocycles. The van der Waals surface area contributed by atoms with E-state index in [0.717, 1.165) is 22.5 Å². The number of methoxy groups -OCH3 is 1. The fraction of sp³-hybridized carbons (Fsp3) is 0.647. The van der Waals surface area contributed by atoms with Crippen LogP contribution in [0.2, 0.25) is 0 Å². The van der Waals surface area contributed by atoms with Crippen LogP contribution >= 0.6 is 11.8 Å². The number of quaternary nitrogens is 1. The number of nitrogens with zero attached hydrogens (tertiary/aromatic N) is 1. The molecule has 0 N–H and O–H groups in total. The van der Waals surface area contributed by atoms with Crippen molar-refractivity contribution < 1.29 is 30.6 Å². The van der Waals surface area contributed by atoms with Crippen LogP contribution in [0.3, 0.4) is 0 Å². The zero-order valence-corrected chi connectivity index (χ0v) is 15.5. The number of ether oxygens (including phenoxy) is 1. The van der Waals surface area contributed by atoms with Crippen LogP contribution in [0, 0.1) is 0 Å². The van der Waals surface area contributed by atoms with E-state index >= 15 is 0 Å². The second-order valence-corrected chi connectivity index (χ2v) is 7.50. The first-order valence-corrected chi connectivity index (χ1v) is 8.98. The van der Waals surface area contributed by atoms with E-state index in [2.05, 4.69) is 23.9 Å². The lowest BCUT2D eigenvalue weighted by molar-refractivity contribution is -0.926. The van der Waals surface area contributed by atoms with E-state index < -0.39 is 0 Å². The number of benzene rings is 1. The molecule has 1 aromatic carbocycles. The van der Waals surface area contributed by atoms with Crippen LogP contribution in [0.1, 0.15) is 24.8 Å². The fourth-order valence-corrected chi connectivity index (χ4v) is 5.61. The Balaban J connectivity index is 0.00000176. The van der Waals surface area contributed by atoms with Crippen molar-refractivity contribution in [2.45, 2.75) is 36.3 Å². The van der Waals surface area contributed by atoms with Crippen molar-refractivity contribution in [1.82, 2.24) is 0 Å². The maximum atomic E-state index is 12.9. The molecule has 2 fully saturated rings. The van der Waals surface area contributed by atoms with Crippen molar-refractivity contribution in [3.8, 4) is 5.75 Å². The van der Waals surface area contributed by atoms with Gasteiger partial charge in [-0.25, -0.2) is 4.39 Å². The summed E-state index contributed by atoms with van der Waals surface area (Å²) >= 11 is 2.07. The zero-order chi connectivity index (χ0) is 14.7. The molecule has 2 aliphatic rings. The average molecular weight is 390 g/mol. The van der Waals surface area contributed by atoms with E-state index in [-0.39, 0.29) is 23.7 Å². The number of thioether (sulfide) groups is 1. The molecule has 0 amide bonds. The highest BCUT2D eigenvalue weighted by atomic mass is 79.9. The maximum absolute atomic E-state index is 12.9. The van der Waals surface area contributed by atoms with Crippen LogP contribution < -0.4 is 21.7 Å². The molecule has 3 unspecified atom stereocenters. The minimum atomic E-state index is -0.160. The molecule has 0 saturated carbocycles. The summed E-state index contributed by atoms with van der Waals surface area (Å²) in [4.78, 5) is 0. The summed E-state index contributed by atoms with van der Waals surface area (Å²) in [6, 6.07) is 9.06. The smallest absolute Gasteiger partial charge is 0.138 e. The molecule has 0 bridgehead atoms. The van der Waals surface area contributed by atoms with Crippen LogP contribution in [-0.4, -0.2) is 49.2 Å². The minimum Gasteiger partial charge on any atom is -1.00 e. The van der Waals surface area contributed by atoms with Crippen LogP contribution in [-0.2, 0) is 5.75 Å². The van der Waals surface area contributed by atoms with Gasteiger partial charge in [-0.15, -0.1) is 11.8 Å². The van der Waals surface area contributed by atoms with Gasteiger partial charge in [-0.1, -0.05) is 12.1 Å². The van der Waals surface area contributed by atoms with Gasteiger partial charge in [-0.05, 0) is 17.7 Å². The molecule has 124 valence electrons. The van der Waals surface area contributed by atoms with Crippen LogP contribution in [0.5, 0.6) is 5.75 Å². The summed E-state index contributed by atoms with van der Waals surface area (Å²) in [5.41, 5.74) is 1.36. The first-order valence-electron chi connectivity index (χ1n) is 7.94. The monoisotopic (exact) mass is 389 g/mol. The van der Waals surface area contributed by atoms with Crippen molar-refractivity contribution in [3.05, 3.63) is 29.8 Å². The Labute approximate surface area is 147 Å². The number of hydrogen-bond acceptors (Lipinski definition) is 2. The first-order chi connectivity index (χ1) is 10.3. The zero-order valence-electron chi connectivity index (χ0n) is 13.1. The Morgan fingerprint density at radius 2 is 2.00 bits per heavy atom. The van der Waals surface area contributed by atoms with E-state index in [1.807, 2.05) is 12.1 Å². The lowest BCUT2D eigenvalue weighted by Crippen LogP contribution is -3.00. The van der Waals surface area contributed by atoms with E-state index in [1.54, 1.807) is 7.11 Å². The van der Waals surface area contributed by atoms with Gasteiger partial charge in [0.25, 0.3) is 0 Å². The van der Waals surface area contributed by atoms with E-state index in [0.29, 0.717) is 11.3 Å². The van der Waals surface area contributed by atoms with Crippen molar-refractivity contribution in [3.63, 3.8) is 0 Å². The van der Waals surface area contributed by atoms with Crippen molar-refractivity contribution >= 4 is 11.8 Å². The summed E-state index contributed by atoms with van der Waals surface area (Å²) in [6.07, 6.45) is 3.83. The molecule has 1 aromatic rings. The summed E-state index contributed by atoms with van der Waals surface area (Å²) < 4.78 is 19.2. The normalized spacial score (nSPS) is 29.9. The summed E-state index contributed by atoms with van der Waals surface area (Å²) in [7, 11) is 1.70. The first kappa shape index (κ1) is 18.1. The second-order valence-electron chi connectivity index (χ2n) is 6.27. The quantitative estimate of drug-likeness (QED) is 0.660. The van der Waals surface area contributed by atoms with Crippen LogP contribution in [0.4, 0.5) is 4.39 Å². The molecule has 0 aromatic heterocycles. The Bertz CT molecular complexity index is 472. The highest BCUT2D eigenvalue weighted by molar-refractivity contribution is 7.99. The molecule has 2 nitrogen and oxygen atoms in total. The summed E-state index contributed by atoms with van der Waals surface area (Å²) in [5.74, 6) is 1.97. The predicted molar refractivity (Wildman–Crippen MR) is 86.6 cm³/mol. The SMILES string of the molecule is COc1ccc(CSC2CC[N+]3(CCF)CCCC23)cc1.[Br-]. The van der Waals surface area contributed by atoms with E-state index in [4.69, 9.17) is 4.74 Å². The molecule has 2 aliphatic heterocycles. The van der Waals surface area contributed by atoms with Gasteiger partial charge in [0.15, 0.2) is 0 Å². The maximum Gasteiger partial charge on any atom is 0.138 e. The van der Waals surface area contributed by atoms with Gasteiger partial charge in [0.1, 0.15) is 25.0 Å². The Hall–Kier alpha value is -0.260. The van der Waals surface area contributed by atoms with Gasteiger partial charge in [-0.3, -0.25) is 0 Å². The Kier molecular flexibility index (Phi) is 6.59. The van der Waals surface area contributed by atoms with Crippen molar-refractivity contribution in [1.29, 1.82) is 0 Å². The molecule has 0 aliphatic carbocycles. The highest BCUT2D eigenvalue weighted by Gasteiger charge is 2.50. The molecule has 2 saturated heterocycles. The number of fused-ring (bicyclic) bond motifs is 1. The number of hydrogen-bond donors (Lipinski definition) is 0. The molecule has 3 atom stereocenters. The molecule has 22 heavy (non-hydrogen) atoms. The fourth-order valence-electron chi connectivity index (χ4n) is 4.13. The molecular weight excluding hydrogens is 365 g/mol. The standard InChI is InChI=1S/C17H25FNOS.BrH/c1-20-15-6-4-14(5-7-15)13-21-17-8-11-19(12-9-18)10-2-3-16(17)19;/h4-7,16-17H,2-3,8-13H2,1H3;1H/q+1;/p-1. The van der Waals surface area contributed by atoms with Crippen LogP contribution in [0.25, 0.3) is 0 Å². The molecule has 3 rings (SSSR count). The van der Waals surface area contributed by atoms with Crippen LogP contribution in [0.15, 0.2) is 24.3 Å². The van der Waals surface area contributed by atoms with Gasteiger partial charge < -0.3 is 26.2 Å². The molecule has 5 heteroatoms.